The van der Waals surface area contributed by atoms with Crippen LogP contribution in [0.2, 0.25) is 0 Å². The first-order valence-corrected chi connectivity index (χ1v) is 5.82. The van der Waals surface area contributed by atoms with Gasteiger partial charge in [0.2, 0.25) is 0 Å². The molecule has 0 radical (unpaired) electrons. The van der Waals surface area contributed by atoms with Crippen LogP contribution in [0.4, 0.5) is 13.2 Å². The topological polar surface area (TPSA) is 43.0 Å². The summed E-state index contributed by atoms with van der Waals surface area (Å²) in [6.07, 6.45) is -0.774. The summed E-state index contributed by atoms with van der Waals surface area (Å²) >= 11 is 0. The van der Waals surface area contributed by atoms with E-state index in [9.17, 15) is 13.2 Å². The molecule has 1 atom stereocenters. The smallest absolute Gasteiger partial charge is 0.379 e. The number of aliphatic hydroxyl groups excluding tert-OH is 1. The van der Waals surface area contributed by atoms with Crippen molar-refractivity contribution >= 4 is 0 Å². The van der Waals surface area contributed by atoms with Gasteiger partial charge in [0.05, 0.1) is 12.7 Å². The maximum Gasteiger partial charge on any atom is 0.418 e. The lowest BCUT2D eigenvalue weighted by atomic mass is 10.2. The number of aliphatic hydroxyl groups is 1. The number of hydrogen-bond acceptors (Lipinski definition) is 2. The van der Waals surface area contributed by atoms with Gasteiger partial charge in [-0.05, 0) is 13.0 Å². The van der Waals surface area contributed by atoms with Crippen LogP contribution in [0.3, 0.4) is 0 Å². The second-order valence-electron chi connectivity index (χ2n) is 4.27. The second-order valence-corrected chi connectivity index (χ2v) is 4.27. The van der Waals surface area contributed by atoms with Crippen molar-refractivity contribution in [2.75, 3.05) is 0 Å². The summed E-state index contributed by atoms with van der Waals surface area (Å²) in [6.45, 7) is 3.11. The monoisotopic (exact) mass is 273 g/mol. The van der Waals surface area contributed by atoms with E-state index >= 15 is 0 Å². The summed E-state index contributed by atoms with van der Waals surface area (Å²) in [5, 5.41) is 13.2. The van der Waals surface area contributed by atoms with Crippen molar-refractivity contribution in [2.24, 2.45) is 0 Å². The third kappa shape index (κ3) is 3.17. The quantitative estimate of drug-likeness (QED) is 0.929. The molecule has 0 bridgehead atoms. The lowest BCUT2D eigenvalue weighted by Gasteiger charge is -2.12. The second kappa shape index (κ2) is 5.08. The summed E-state index contributed by atoms with van der Waals surface area (Å²) in [4.78, 5) is 0. The number of halogens is 3. The molecular formula is C12H14F3N3O. The average molecular weight is 273 g/mol. The van der Waals surface area contributed by atoms with Crippen molar-refractivity contribution in [3.8, 4) is 0 Å². The summed E-state index contributed by atoms with van der Waals surface area (Å²) < 4.78 is 40.4. The number of nitrogens with zero attached hydrogens (tertiary/aromatic N) is 3. The summed E-state index contributed by atoms with van der Waals surface area (Å²) in [6, 6.07) is 1.27. The summed E-state index contributed by atoms with van der Waals surface area (Å²) in [5.41, 5.74) is 0.737. The van der Waals surface area contributed by atoms with E-state index < -0.39 is 12.3 Å². The van der Waals surface area contributed by atoms with Crippen molar-refractivity contribution in [2.45, 2.75) is 32.3 Å². The van der Waals surface area contributed by atoms with E-state index in [0.717, 1.165) is 12.1 Å². The Labute approximate surface area is 108 Å². The molecule has 0 aliphatic carbocycles. The van der Waals surface area contributed by atoms with Gasteiger partial charge in [-0.15, -0.1) is 0 Å². The molecule has 0 saturated heterocycles. The maximum atomic E-state index is 12.3. The van der Waals surface area contributed by atoms with E-state index in [1.807, 2.05) is 13.1 Å². The van der Waals surface area contributed by atoms with E-state index in [0.29, 0.717) is 6.54 Å². The fraction of sp³-hybridized carbons (Fsp3) is 0.417. The molecule has 2 aromatic rings. The first-order valence-electron chi connectivity index (χ1n) is 5.82. The Hall–Kier alpha value is -1.76. The molecule has 2 rings (SSSR count). The normalized spacial score (nSPS) is 13.7. The van der Waals surface area contributed by atoms with Gasteiger partial charge in [0.15, 0.2) is 6.10 Å². The Bertz CT molecular complexity index is 544. The Kier molecular flexibility index (Phi) is 3.66. The molecule has 0 spiro atoms. The first kappa shape index (κ1) is 13.7. The van der Waals surface area contributed by atoms with E-state index in [2.05, 4.69) is 5.10 Å². The zero-order chi connectivity index (χ0) is 14.0. The van der Waals surface area contributed by atoms with Crippen molar-refractivity contribution < 1.29 is 18.3 Å². The molecule has 0 saturated carbocycles. The van der Waals surface area contributed by atoms with Crippen molar-refractivity contribution in [1.82, 2.24) is 14.3 Å². The zero-order valence-corrected chi connectivity index (χ0v) is 10.3. The molecule has 0 aliphatic rings. The highest BCUT2D eigenvalue weighted by Gasteiger charge is 2.39. The molecule has 2 aromatic heterocycles. The molecule has 0 aliphatic heterocycles. The highest BCUT2D eigenvalue weighted by Crippen LogP contribution is 2.32. The fourth-order valence-electron chi connectivity index (χ4n) is 1.78. The van der Waals surface area contributed by atoms with E-state index in [1.165, 1.54) is 18.5 Å². The van der Waals surface area contributed by atoms with Gasteiger partial charge in [-0.1, -0.05) is 0 Å². The molecule has 0 amide bonds. The fourth-order valence-corrected chi connectivity index (χ4v) is 1.78. The number of alkyl halides is 3. The van der Waals surface area contributed by atoms with Crippen molar-refractivity contribution in [3.63, 3.8) is 0 Å². The predicted molar refractivity (Wildman–Crippen MR) is 62.4 cm³/mol. The van der Waals surface area contributed by atoms with Gasteiger partial charge in [-0.3, -0.25) is 4.68 Å². The Morgan fingerprint density at radius 3 is 2.68 bits per heavy atom. The summed E-state index contributed by atoms with van der Waals surface area (Å²) in [5.74, 6) is 0. The maximum absolute atomic E-state index is 12.3. The van der Waals surface area contributed by atoms with Gasteiger partial charge in [0, 0.05) is 36.3 Å². The van der Waals surface area contributed by atoms with Crippen molar-refractivity contribution in [3.05, 3.63) is 42.0 Å². The summed E-state index contributed by atoms with van der Waals surface area (Å²) in [7, 11) is 0. The van der Waals surface area contributed by atoms with Crippen LogP contribution in [-0.4, -0.2) is 25.6 Å². The minimum absolute atomic E-state index is 0.157. The molecule has 1 N–H and O–H groups in total. The number of rotatable bonds is 4. The first-order chi connectivity index (χ1) is 8.90. The van der Waals surface area contributed by atoms with E-state index in [4.69, 9.17) is 5.11 Å². The third-order valence-electron chi connectivity index (χ3n) is 2.78. The molecule has 7 heteroatoms. The van der Waals surface area contributed by atoms with Crippen LogP contribution in [0.5, 0.6) is 0 Å². The Balaban J connectivity index is 2.09. The molecule has 0 fully saturated rings. The SMILES string of the molecule is CCn1cc(Cn2ccc(C(O)C(F)(F)F)c2)cn1. The third-order valence-corrected chi connectivity index (χ3v) is 2.78. The molecule has 0 aromatic carbocycles. The van der Waals surface area contributed by atoms with Crippen LogP contribution in [0.25, 0.3) is 0 Å². The average Bonchev–Trinajstić information content (AvgIpc) is 2.96. The number of hydrogen-bond donors (Lipinski definition) is 1. The van der Waals surface area contributed by atoms with E-state index in [1.54, 1.807) is 15.4 Å². The van der Waals surface area contributed by atoms with Gasteiger partial charge in [0.1, 0.15) is 0 Å². The number of aromatic nitrogens is 3. The van der Waals surface area contributed by atoms with E-state index in [-0.39, 0.29) is 5.56 Å². The molecule has 2 heterocycles. The number of aryl methyl sites for hydroxylation is 1. The predicted octanol–water partition coefficient (Wildman–Crippen LogP) is 2.35. The van der Waals surface area contributed by atoms with Crippen LogP contribution in [0, 0.1) is 0 Å². The molecule has 19 heavy (non-hydrogen) atoms. The molecule has 4 nitrogen and oxygen atoms in total. The minimum Gasteiger partial charge on any atom is -0.379 e. The Morgan fingerprint density at radius 1 is 1.37 bits per heavy atom. The van der Waals surface area contributed by atoms with Crippen molar-refractivity contribution in [1.29, 1.82) is 0 Å². The van der Waals surface area contributed by atoms with Gasteiger partial charge in [-0.25, -0.2) is 0 Å². The lowest BCUT2D eigenvalue weighted by Crippen LogP contribution is -2.19. The van der Waals surface area contributed by atoms with Gasteiger partial charge < -0.3 is 9.67 Å². The van der Waals surface area contributed by atoms with Crippen LogP contribution in [0.15, 0.2) is 30.9 Å². The molecule has 1 unspecified atom stereocenters. The Morgan fingerprint density at radius 2 is 2.11 bits per heavy atom. The van der Waals surface area contributed by atoms with Crippen LogP contribution in [0.1, 0.15) is 24.2 Å². The largest absolute Gasteiger partial charge is 0.418 e. The van der Waals surface area contributed by atoms with Crippen LogP contribution < -0.4 is 0 Å². The molecule has 104 valence electrons. The zero-order valence-electron chi connectivity index (χ0n) is 10.3. The van der Waals surface area contributed by atoms with Gasteiger partial charge in [-0.2, -0.15) is 18.3 Å². The van der Waals surface area contributed by atoms with Gasteiger partial charge >= 0.3 is 6.18 Å². The van der Waals surface area contributed by atoms with Crippen LogP contribution >= 0.6 is 0 Å². The highest BCUT2D eigenvalue weighted by molar-refractivity contribution is 5.17. The molecular weight excluding hydrogens is 259 g/mol. The highest BCUT2D eigenvalue weighted by atomic mass is 19.4. The van der Waals surface area contributed by atoms with Crippen LogP contribution in [-0.2, 0) is 13.1 Å². The van der Waals surface area contributed by atoms with Gasteiger partial charge in [0.25, 0.3) is 0 Å². The minimum atomic E-state index is -4.64. The standard InChI is InChI=1S/C12H14F3N3O/c1-2-18-7-9(5-16-18)6-17-4-3-10(8-17)11(19)12(13,14)15/h3-5,7-8,11,19H,2,6H2,1H3. The lowest BCUT2D eigenvalue weighted by molar-refractivity contribution is -0.206.